The number of non-ortho nitro benzene ring substituents is 1. The van der Waals surface area contributed by atoms with E-state index in [0.29, 0.717) is 11.5 Å². The Balaban J connectivity index is 2.08. The number of hydrogen-bond donors (Lipinski definition) is 1. The maximum absolute atomic E-state index is 13.0. The molecule has 1 saturated heterocycles. The standard InChI is InChI=1S/C25H28N2O6/c1-15(2)17-5-7-18(8-6-17)22-21(23(28)19-9-11-20(12-10-19)27(31)32)24(29)25(30)26(22)13-14-33-16(3)4/h5-12,15-16,22,28H,13-14H2,1-4H3/b23-21-. The number of hydrogen-bond acceptors (Lipinski definition) is 6. The molecule has 0 aromatic heterocycles. The summed E-state index contributed by atoms with van der Waals surface area (Å²) in [6.45, 7) is 8.31. The maximum atomic E-state index is 13.0. The maximum Gasteiger partial charge on any atom is 0.295 e. The van der Waals surface area contributed by atoms with Crippen molar-refractivity contribution in [3.05, 3.63) is 80.9 Å². The highest BCUT2D eigenvalue weighted by molar-refractivity contribution is 6.46. The first-order valence-corrected chi connectivity index (χ1v) is 10.9. The van der Waals surface area contributed by atoms with Gasteiger partial charge in [-0.1, -0.05) is 38.1 Å². The second kappa shape index (κ2) is 9.95. The second-order valence-electron chi connectivity index (χ2n) is 8.54. The van der Waals surface area contributed by atoms with Crippen molar-refractivity contribution in [3.63, 3.8) is 0 Å². The summed E-state index contributed by atoms with van der Waals surface area (Å²) in [5.41, 5.74) is 1.83. The summed E-state index contributed by atoms with van der Waals surface area (Å²) in [6.07, 6.45) is -0.0364. The number of likely N-dealkylation sites (tertiary alicyclic amines) is 1. The lowest BCUT2D eigenvalue weighted by molar-refractivity contribution is -0.384. The Morgan fingerprint density at radius 1 is 1.06 bits per heavy atom. The second-order valence-corrected chi connectivity index (χ2v) is 8.54. The van der Waals surface area contributed by atoms with Crippen LogP contribution in [0, 0.1) is 10.1 Å². The highest BCUT2D eigenvalue weighted by Crippen LogP contribution is 2.39. The Hall–Kier alpha value is -3.52. The highest BCUT2D eigenvalue weighted by atomic mass is 16.6. The van der Waals surface area contributed by atoms with E-state index in [0.717, 1.165) is 5.56 Å². The van der Waals surface area contributed by atoms with Crippen LogP contribution in [-0.2, 0) is 14.3 Å². The van der Waals surface area contributed by atoms with Crippen molar-refractivity contribution in [2.75, 3.05) is 13.2 Å². The van der Waals surface area contributed by atoms with Crippen molar-refractivity contribution in [3.8, 4) is 0 Å². The Labute approximate surface area is 192 Å². The number of nitro benzene ring substituents is 1. The van der Waals surface area contributed by atoms with Gasteiger partial charge in [0.05, 0.1) is 29.2 Å². The van der Waals surface area contributed by atoms with Crippen molar-refractivity contribution < 1.29 is 24.4 Å². The fourth-order valence-electron chi connectivity index (χ4n) is 3.80. The molecule has 1 heterocycles. The third-order valence-electron chi connectivity index (χ3n) is 5.59. The van der Waals surface area contributed by atoms with Crippen LogP contribution in [0.5, 0.6) is 0 Å². The van der Waals surface area contributed by atoms with Crippen LogP contribution in [0.4, 0.5) is 5.69 Å². The molecule has 2 aromatic rings. The van der Waals surface area contributed by atoms with Gasteiger partial charge in [0.25, 0.3) is 17.4 Å². The third kappa shape index (κ3) is 5.12. The number of aliphatic hydroxyl groups is 1. The summed E-state index contributed by atoms with van der Waals surface area (Å²) in [5, 5.41) is 22.0. The summed E-state index contributed by atoms with van der Waals surface area (Å²) in [7, 11) is 0. The van der Waals surface area contributed by atoms with Gasteiger partial charge in [-0.05, 0) is 43.0 Å². The van der Waals surface area contributed by atoms with E-state index in [1.54, 1.807) is 0 Å². The Morgan fingerprint density at radius 3 is 2.18 bits per heavy atom. The van der Waals surface area contributed by atoms with Crippen LogP contribution in [-0.4, -0.2) is 45.9 Å². The van der Waals surface area contributed by atoms with Gasteiger partial charge in [-0.2, -0.15) is 0 Å². The van der Waals surface area contributed by atoms with Crippen molar-refractivity contribution in [1.29, 1.82) is 0 Å². The molecule has 1 fully saturated rings. The molecule has 0 bridgehead atoms. The molecule has 0 saturated carbocycles. The normalized spacial score (nSPS) is 17.9. The van der Waals surface area contributed by atoms with Crippen LogP contribution in [0.15, 0.2) is 54.1 Å². The number of ether oxygens (including phenoxy) is 1. The fraction of sp³-hybridized carbons (Fsp3) is 0.360. The van der Waals surface area contributed by atoms with E-state index in [2.05, 4.69) is 13.8 Å². The van der Waals surface area contributed by atoms with Crippen LogP contribution in [0.25, 0.3) is 5.76 Å². The lowest BCUT2D eigenvalue weighted by atomic mass is 9.93. The van der Waals surface area contributed by atoms with Crippen LogP contribution < -0.4 is 0 Å². The van der Waals surface area contributed by atoms with Gasteiger partial charge >= 0.3 is 0 Å². The van der Waals surface area contributed by atoms with E-state index in [-0.39, 0.29) is 41.8 Å². The van der Waals surface area contributed by atoms with Crippen molar-refractivity contribution in [2.24, 2.45) is 0 Å². The zero-order chi connectivity index (χ0) is 24.3. The zero-order valence-corrected chi connectivity index (χ0v) is 19.1. The molecule has 1 aliphatic rings. The molecule has 1 amide bonds. The SMILES string of the molecule is CC(C)OCCN1C(=O)C(=O)/C(=C(\O)c2ccc([N+](=O)[O-])cc2)C1c1ccc(C(C)C)cc1. The van der Waals surface area contributed by atoms with Crippen molar-refractivity contribution in [2.45, 2.75) is 45.8 Å². The molecule has 3 rings (SSSR count). The quantitative estimate of drug-likeness (QED) is 0.207. The van der Waals surface area contributed by atoms with E-state index < -0.39 is 22.7 Å². The number of Topliss-reactive ketones (excluding diaryl/α,β-unsaturated/α-hetero) is 1. The number of carbonyl (C=O) groups excluding carboxylic acids is 2. The van der Waals surface area contributed by atoms with E-state index in [1.165, 1.54) is 29.2 Å². The number of rotatable bonds is 8. The van der Waals surface area contributed by atoms with Gasteiger partial charge < -0.3 is 14.7 Å². The number of nitro groups is 1. The van der Waals surface area contributed by atoms with Crippen molar-refractivity contribution >= 4 is 23.1 Å². The van der Waals surface area contributed by atoms with Crippen LogP contribution >= 0.6 is 0 Å². The largest absolute Gasteiger partial charge is 0.507 e. The number of amides is 1. The molecule has 1 aliphatic heterocycles. The average molecular weight is 453 g/mol. The van der Waals surface area contributed by atoms with Gasteiger partial charge in [0, 0.05) is 24.2 Å². The molecule has 1 unspecified atom stereocenters. The van der Waals surface area contributed by atoms with Gasteiger partial charge in [-0.3, -0.25) is 19.7 Å². The first kappa shape index (κ1) is 24.1. The van der Waals surface area contributed by atoms with Gasteiger partial charge in [-0.15, -0.1) is 0 Å². The summed E-state index contributed by atoms with van der Waals surface area (Å²) < 4.78 is 5.59. The van der Waals surface area contributed by atoms with Crippen LogP contribution in [0.2, 0.25) is 0 Å². The number of carbonyl (C=O) groups is 2. The smallest absolute Gasteiger partial charge is 0.295 e. The molecular formula is C25H28N2O6. The predicted molar refractivity (Wildman–Crippen MR) is 124 cm³/mol. The lowest BCUT2D eigenvalue weighted by Gasteiger charge is -2.26. The molecule has 8 nitrogen and oxygen atoms in total. The third-order valence-corrected chi connectivity index (χ3v) is 5.59. The predicted octanol–water partition coefficient (Wildman–Crippen LogP) is 4.56. The zero-order valence-electron chi connectivity index (χ0n) is 19.1. The molecule has 8 heteroatoms. The van der Waals surface area contributed by atoms with E-state index in [4.69, 9.17) is 4.74 Å². The van der Waals surface area contributed by atoms with Crippen LogP contribution in [0.3, 0.4) is 0 Å². The van der Waals surface area contributed by atoms with Gasteiger partial charge in [0.15, 0.2) is 0 Å². The van der Waals surface area contributed by atoms with E-state index in [1.807, 2.05) is 38.1 Å². The lowest BCUT2D eigenvalue weighted by Crippen LogP contribution is -2.33. The molecule has 1 N–H and O–H groups in total. The molecule has 0 radical (unpaired) electrons. The number of benzene rings is 2. The Kier molecular flexibility index (Phi) is 7.28. The minimum atomic E-state index is -0.798. The summed E-state index contributed by atoms with van der Waals surface area (Å²) in [5.74, 6) is -1.57. The topological polar surface area (TPSA) is 110 Å². The first-order valence-electron chi connectivity index (χ1n) is 10.9. The Bertz CT molecular complexity index is 1070. The average Bonchev–Trinajstić information content (AvgIpc) is 3.03. The molecule has 174 valence electrons. The first-order chi connectivity index (χ1) is 15.6. The minimum Gasteiger partial charge on any atom is -0.507 e. The molecule has 0 aliphatic carbocycles. The fourth-order valence-corrected chi connectivity index (χ4v) is 3.80. The van der Waals surface area contributed by atoms with Crippen LogP contribution in [0.1, 0.15) is 56.3 Å². The summed E-state index contributed by atoms with van der Waals surface area (Å²) in [6, 6.07) is 12.0. The van der Waals surface area contributed by atoms with Crippen molar-refractivity contribution in [1.82, 2.24) is 4.90 Å². The molecular weight excluding hydrogens is 424 g/mol. The number of nitrogens with zero attached hydrogens (tertiary/aromatic N) is 2. The van der Waals surface area contributed by atoms with E-state index >= 15 is 0 Å². The Morgan fingerprint density at radius 2 is 1.67 bits per heavy atom. The molecule has 2 aromatic carbocycles. The highest BCUT2D eigenvalue weighted by Gasteiger charge is 2.45. The molecule has 1 atom stereocenters. The monoisotopic (exact) mass is 452 g/mol. The van der Waals surface area contributed by atoms with Gasteiger partial charge in [-0.25, -0.2) is 0 Å². The summed E-state index contributed by atoms with van der Waals surface area (Å²) in [4.78, 5) is 37.7. The van der Waals surface area contributed by atoms with E-state index in [9.17, 15) is 24.8 Å². The molecule has 0 spiro atoms. The number of ketones is 1. The molecule has 33 heavy (non-hydrogen) atoms. The number of aliphatic hydroxyl groups excluding tert-OH is 1. The van der Waals surface area contributed by atoms with Gasteiger partial charge in [0.1, 0.15) is 5.76 Å². The van der Waals surface area contributed by atoms with Gasteiger partial charge in [0.2, 0.25) is 0 Å². The summed E-state index contributed by atoms with van der Waals surface area (Å²) >= 11 is 0. The minimum absolute atomic E-state index is 0.0364.